The van der Waals surface area contributed by atoms with Gasteiger partial charge in [0.15, 0.2) is 5.58 Å². The van der Waals surface area contributed by atoms with E-state index in [-0.39, 0.29) is 55.2 Å². The summed E-state index contributed by atoms with van der Waals surface area (Å²) in [6.07, 6.45) is 1.10. The SMILES string of the molecule is [2H]c1c([2H])c([2H])c(-c2ncnc3c2oc2ccc(-c4c([2H])c([2H])c([2H])c(-c5c([2H])c([2H])c([2H])c(-c6c([2H])c([2H])c([2H])c7c6oc6c([2H])c([2H])c([2H])c([2H])c67)c5[2H])c4[2H])cc23)c([2H])c1[2H]. The normalized spacial score (nSPS) is 18.0. The predicted octanol–water partition coefficient (Wildman–Crippen LogP) is 10.9. The summed E-state index contributed by atoms with van der Waals surface area (Å²) in [7, 11) is 0. The summed E-state index contributed by atoms with van der Waals surface area (Å²) in [5, 5.41) is -0.409. The average Bonchev–Trinajstić information content (AvgIpc) is 3.86. The van der Waals surface area contributed by atoms with E-state index in [0.717, 1.165) is 6.33 Å². The summed E-state index contributed by atoms with van der Waals surface area (Å²) < 4.78 is 185. The fraction of sp³-hybridized carbons (Fsp3) is 0. The van der Waals surface area contributed by atoms with E-state index in [2.05, 4.69) is 9.97 Å². The lowest BCUT2D eigenvalue weighted by atomic mass is 9.95. The van der Waals surface area contributed by atoms with Gasteiger partial charge in [-0.15, -0.1) is 0 Å². The Balaban J connectivity index is 1.31. The van der Waals surface area contributed by atoms with Crippen molar-refractivity contribution in [2.45, 2.75) is 0 Å². The number of para-hydroxylation sites is 2. The van der Waals surface area contributed by atoms with Crippen molar-refractivity contribution in [3.63, 3.8) is 0 Å². The minimum Gasteiger partial charge on any atom is -0.455 e. The second-order valence-electron chi connectivity index (χ2n) is 9.47. The highest BCUT2D eigenvalue weighted by atomic mass is 16.3. The Morgan fingerprint density at radius 3 is 2.00 bits per heavy atom. The van der Waals surface area contributed by atoms with Crippen LogP contribution in [-0.4, -0.2) is 9.97 Å². The lowest BCUT2D eigenvalue weighted by molar-refractivity contribution is 0.667. The van der Waals surface area contributed by atoms with Crippen LogP contribution < -0.4 is 0 Å². The van der Waals surface area contributed by atoms with E-state index in [9.17, 15) is 2.74 Å². The molecule has 0 saturated carbocycles. The number of nitrogens with zero attached hydrogens (tertiary/aromatic N) is 2. The Hall–Kier alpha value is -6.00. The van der Waals surface area contributed by atoms with Gasteiger partial charge >= 0.3 is 0 Å². The van der Waals surface area contributed by atoms with Crippen molar-refractivity contribution >= 4 is 44.0 Å². The van der Waals surface area contributed by atoms with Crippen LogP contribution in [0.4, 0.5) is 0 Å². The quantitative estimate of drug-likeness (QED) is 0.206. The third-order valence-electron chi connectivity index (χ3n) is 6.96. The monoisotopic (exact) mass is 584 g/mol. The Morgan fingerprint density at radius 1 is 0.477 bits per heavy atom. The minimum atomic E-state index is -0.877. The number of furan rings is 2. The van der Waals surface area contributed by atoms with Crippen LogP contribution >= 0.6 is 0 Å². The standard InChI is InChI=1S/C40H24N2O2/c1-2-9-25(10-3-1)37-40-38(42-24-41-37)34-23-29(19-20-36(34)44-40)27-12-6-11-26(21-27)28-13-7-14-30(22-28)31-16-8-17-33-32-15-4-5-18-35(32)43-39(31)33/h1-24H/i1D,2D,3D,4D,5D,6D,7D,8D,9D,10D,11D,12D,13D,14D,15D,16D,17D,18D,21D,22D. The fourth-order valence-electron chi connectivity index (χ4n) is 4.99. The number of benzene rings is 6. The first-order valence-corrected chi connectivity index (χ1v) is 13.0. The van der Waals surface area contributed by atoms with Crippen molar-refractivity contribution < 1.29 is 36.2 Å². The molecule has 0 bridgehead atoms. The van der Waals surface area contributed by atoms with Crippen LogP contribution in [0.15, 0.2) is 154 Å². The van der Waals surface area contributed by atoms with Crippen LogP contribution in [0.5, 0.6) is 0 Å². The first-order chi connectivity index (χ1) is 30.1. The second-order valence-corrected chi connectivity index (χ2v) is 9.47. The molecule has 44 heavy (non-hydrogen) atoms. The summed E-state index contributed by atoms with van der Waals surface area (Å²) in [4.78, 5) is 8.50. The van der Waals surface area contributed by atoms with Gasteiger partial charge in [0.05, 0.1) is 27.4 Å². The molecule has 0 saturated heterocycles. The summed E-state index contributed by atoms with van der Waals surface area (Å²) in [5.41, 5.74) is -3.70. The largest absolute Gasteiger partial charge is 0.455 e. The summed E-state index contributed by atoms with van der Waals surface area (Å²) in [6.45, 7) is 0. The number of rotatable bonds is 4. The number of fused-ring (bicyclic) bond motifs is 6. The Labute approximate surface area is 281 Å². The summed E-state index contributed by atoms with van der Waals surface area (Å²) >= 11 is 0. The summed E-state index contributed by atoms with van der Waals surface area (Å²) in [6, 6.07) is -9.77. The van der Waals surface area contributed by atoms with E-state index in [0.29, 0.717) is 0 Å². The Morgan fingerprint density at radius 2 is 1.14 bits per heavy atom. The molecule has 3 heterocycles. The van der Waals surface area contributed by atoms with E-state index in [1.165, 1.54) is 18.2 Å². The molecule has 0 aliphatic rings. The van der Waals surface area contributed by atoms with E-state index >= 15 is 0 Å². The molecule has 3 aromatic heterocycles. The van der Waals surface area contributed by atoms with Gasteiger partial charge < -0.3 is 8.83 Å². The first-order valence-electron chi connectivity index (χ1n) is 23.0. The molecule has 9 aromatic rings. The fourth-order valence-corrected chi connectivity index (χ4v) is 4.99. The van der Waals surface area contributed by atoms with Crippen molar-refractivity contribution in [3.8, 4) is 44.6 Å². The average molecular weight is 585 g/mol. The number of hydrogen-bond acceptors (Lipinski definition) is 4. The maximum absolute atomic E-state index is 9.46. The molecule has 4 heteroatoms. The molecule has 0 aliphatic carbocycles. The maximum Gasteiger partial charge on any atom is 0.180 e. The van der Waals surface area contributed by atoms with Gasteiger partial charge in [-0.05, 0) is 58.1 Å². The zero-order valence-electron chi connectivity index (χ0n) is 42.0. The van der Waals surface area contributed by atoms with Gasteiger partial charge in [-0.3, -0.25) is 0 Å². The third-order valence-corrected chi connectivity index (χ3v) is 6.96. The highest BCUT2D eigenvalue weighted by molar-refractivity contribution is 6.10. The van der Waals surface area contributed by atoms with Gasteiger partial charge in [0.25, 0.3) is 0 Å². The van der Waals surface area contributed by atoms with Gasteiger partial charge in [-0.25, -0.2) is 9.97 Å². The summed E-state index contributed by atoms with van der Waals surface area (Å²) in [5.74, 6) is 0. The van der Waals surface area contributed by atoms with Crippen LogP contribution in [0.1, 0.15) is 27.4 Å². The molecule has 0 unspecified atom stereocenters. The molecule has 0 N–H and O–H groups in total. The maximum atomic E-state index is 9.46. The van der Waals surface area contributed by atoms with Gasteiger partial charge in [-0.2, -0.15) is 0 Å². The van der Waals surface area contributed by atoms with Crippen molar-refractivity contribution in [1.29, 1.82) is 0 Å². The molecular weight excluding hydrogens is 540 g/mol. The molecule has 0 radical (unpaired) electrons. The minimum absolute atomic E-state index is 0.0581. The van der Waals surface area contributed by atoms with E-state index in [1.807, 2.05) is 0 Å². The van der Waals surface area contributed by atoms with Gasteiger partial charge in [0, 0.05) is 27.3 Å². The van der Waals surface area contributed by atoms with Gasteiger partial charge in [-0.1, -0.05) is 109 Å². The second kappa shape index (κ2) is 9.79. The van der Waals surface area contributed by atoms with Crippen LogP contribution in [0.25, 0.3) is 88.6 Å². The Bertz CT molecular complexity index is 3610. The van der Waals surface area contributed by atoms with Crippen molar-refractivity contribution in [2.75, 3.05) is 0 Å². The lowest BCUT2D eigenvalue weighted by Gasteiger charge is -2.09. The van der Waals surface area contributed by atoms with Crippen molar-refractivity contribution in [3.05, 3.63) is 145 Å². The van der Waals surface area contributed by atoms with Gasteiger partial charge in [0.2, 0.25) is 0 Å². The van der Waals surface area contributed by atoms with Crippen molar-refractivity contribution in [1.82, 2.24) is 9.97 Å². The zero-order chi connectivity index (χ0) is 46.4. The van der Waals surface area contributed by atoms with Crippen LogP contribution in [-0.2, 0) is 0 Å². The van der Waals surface area contributed by atoms with E-state index < -0.39 is 154 Å². The molecular formula is C40H24N2O2. The lowest BCUT2D eigenvalue weighted by Crippen LogP contribution is -1.86. The van der Waals surface area contributed by atoms with Crippen LogP contribution in [0, 0.1) is 0 Å². The predicted molar refractivity (Wildman–Crippen MR) is 178 cm³/mol. The highest BCUT2D eigenvalue weighted by Crippen LogP contribution is 2.38. The first kappa shape index (κ1) is 11.9. The molecule has 0 atom stereocenters. The molecule has 6 aromatic carbocycles. The van der Waals surface area contributed by atoms with Gasteiger partial charge in [0.1, 0.15) is 34.3 Å². The zero-order valence-corrected chi connectivity index (χ0v) is 22.0. The number of hydrogen-bond donors (Lipinski definition) is 0. The highest BCUT2D eigenvalue weighted by Gasteiger charge is 2.16. The molecule has 0 amide bonds. The number of aromatic nitrogens is 2. The molecule has 9 rings (SSSR count). The molecule has 0 fully saturated rings. The topological polar surface area (TPSA) is 52.1 Å². The van der Waals surface area contributed by atoms with Crippen LogP contribution in [0.2, 0.25) is 0 Å². The smallest absolute Gasteiger partial charge is 0.180 e. The van der Waals surface area contributed by atoms with E-state index in [4.69, 9.17) is 33.5 Å². The molecule has 4 nitrogen and oxygen atoms in total. The molecule has 0 spiro atoms. The van der Waals surface area contributed by atoms with E-state index in [1.54, 1.807) is 0 Å². The third kappa shape index (κ3) is 3.92. The Kier molecular flexibility index (Phi) is 2.66. The van der Waals surface area contributed by atoms with Crippen molar-refractivity contribution in [2.24, 2.45) is 0 Å². The van der Waals surface area contributed by atoms with Crippen LogP contribution in [0.3, 0.4) is 0 Å². The molecule has 206 valence electrons. The molecule has 0 aliphatic heterocycles.